The van der Waals surface area contributed by atoms with Crippen LogP contribution in [0.3, 0.4) is 0 Å². The molecule has 0 heterocycles. The van der Waals surface area contributed by atoms with Gasteiger partial charge in [0.15, 0.2) is 0 Å². The second-order valence-electron chi connectivity index (χ2n) is 2.67. The molecule has 0 aliphatic rings. The van der Waals surface area contributed by atoms with Crippen LogP contribution in [0.2, 0.25) is 11.6 Å². The smallest absolute Gasteiger partial charge is 0.146 e. The summed E-state index contributed by atoms with van der Waals surface area (Å²) < 4.78 is 0. The van der Waals surface area contributed by atoms with Gasteiger partial charge >= 0.3 is 0 Å². The van der Waals surface area contributed by atoms with Crippen LogP contribution in [0, 0.1) is 0 Å². The summed E-state index contributed by atoms with van der Waals surface area (Å²) in [6.45, 7) is 4.48. The van der Waals surface area contributed by atoms with Crippen molar-refractivity contribution in [3.8, 4) is 0 Å². The van der Waals surface area contributed by atoms with E-state index < -0.39 is 6.69 Å². The fourth-order valence-corrected chi connectivity index (χ4v) is 3.00. The Bertz CT molecular complexity index is 81.1. The van der Waals surface area contributed by atoms with Crippen LogP contribution >= 0.6 is 22.2 Å². The van der Waals surface area contributed by atoms with Crippen molar-refractivity contribution in [3.05, 3.63) is 0 Å². The van der Waals surface area contributed by atoms with Crippen LogP contribution in [0.15, 0.2) is 0 Å². The van der Waals surface area contributed by atoms with Crippen LogP contribution in [-0.4, -0.2) is 6.69 Å². The minimum atomic E-state index is -1.84. The first-order chi connectivity index (χ1) is 4.00. The zero-order valence-corrected chi connectivity index (χ0v) is 8.76. The first-order valence-electron chi connectivity index (χ1n) is 3.38. The normalized spacial score (nSPS) is 12.7. The zero-order chi connectivity index (χ0) is 7.49. The number of rotatable bonds is 3. The standard InChI is InChI=1S/C6H14Cl2Si/c1-4-5-9(7,8)6(2)3/h6H,4-5H2,1-3H3. The van der Waals surface area contributed by atoms with Gasteiger partial charge in [-0.1, -0.05) is 27.2 Å². The highest BCUT2D eigenvalue weighted by Gasteiger charge is 2.30. The quantitative estimate of drug-likeness (QED) is 0.464. The van der Waals surface area contributed by atoms with E-state index >= 15 is 0 Å². The molecule has 9 heavy (non-hydrogen) atoms. The molecule has 0 aliphatic heterocycles. The van der Waals surface area contributed by atoms with E-state index in [-0.39, 0.29) is 0 Å². The van der Waals surface area contributed by atoms with Gasteiger partial charge in [0.05, 0.1) is 0 Å². The Morgan fingerprint density at radius 2 is 1.78 bits per heavy atom. The Morgan fingerprint density at radius 1 is 1.33 bits per heavy atom. The molecule has 0 aliphatic carbocycles. The maximum Gasteiger partial charge on any atom is 0.253 e. The maximum atomic E-state index is 6.08. The van der Waals surface area contributed by atoms with Crippen LogP contribution < -0.4 is 0 Å². The molecule has 0 aromatic rings. The maximum absolute atomic E-state index is 6.08. The molecule has 0 atom stereocenters. The first-order valence-corrected chi connectivity index (χ1v) is 7.69. The largest absolute Gasteiger partial charge is 0.253 e. The van der Waals surface area contributed by atoms with Gasteiger partial charge < -0.3 is 0 Å². The fraction of sp³-hybridized carbons (Fsp3) is 1.00. The van der Waals surface area contributed by atoms with Crippen LogP contribution in [0.5, 0.6) is 0 Å². The summed E-state index contributed by atoms with van der Waals surface area (Å²) in [4.78, 5) is 0. The number of hydrogen-bond donors (Lipinski definition) is 0. The molecule has 0 bridgehead atoms. The minimum absolute atomic E-state index is 0.487. The van der Waals surface area contributed by atoms with Crippen LogP contribution in [0.4, 0.5) is 0 Å². The molecule has 56 valence electrons. The monoisotopic (exact) mass is 184 g/mol. The minimum Gasteiger partial charge on any atom is -0.146 e. The Kier molecular flexibility index (Phi) is 4.18. The molecule has 0 amide bonds. The Labute approximate surface area is 68.0 Å². The van der Waals surface area contributed by atoms with E-state index in [2.05, 4.69) is 20.8 Å². The van der Waals surface area contributed by atoms with Gasteiger partial charge in [-0.15, -0.1) is 22.2 Å². The SMILES string of the molecule is CCC[Si](Cl)(Cl)C(C)C. The van der Waals surface area contributed by atoms with E-state index in [1.807, 2.05) is 0 Å². The molecule has 0 saturated heterocycles. The van der Waals surface area contributed by atoms with Crippen molar-refractivity contribution in [1.29, 1.82) is 0 Å². The molecule has 0 radical (unpaired) electrons. The lowest BCUT2D eigenvalue weighted by molar-refractivity contribution is 0.984. The highest BCUT2D eigenvalue weighted by Crippen LogP contribution is 2.33. The molecule has 0 rings (SSSR count). The van der Waals surface area contributed by atoms with Gasteiger partial charge in [-0.3, -0.25) is 0 Å². The molecule has 0 nitrogen and oxygen atoms in total. The Hall–Kier alpha value is 0.797. The highest BCUT2D eigenvalue weighted by molar-refractivity contribution is 7.45. The van der Waals surface area contributed by atoms with Crippen LogP contribution in [0.1, 0.15) is 27.2 Å². The summed E-state index contributed by atoms with van der Waals surface area (Å²) in [5, 5.41) is 0. The molecule has 0 aromatic carbocycles. The van der Waals surface area contributed by atoms with Gasteiger partial charge in [0.25, 0.3) is 6.69 Å². The second-order valence-corrected chi connectivity index (χ2v) is 10.5. The van der Waals surface area contributed by atoms with E-state index in [0.29, 0.717) is 5.54 Å². The molecule has 3 heteroatoms. The third-order valence-corrected chi connectivity index (χ3v) is 8.04. The Balaban J connectivity index is 3.70. The molecular formula is C6H14Cl2Si. The van der Waals surface area contributed by atoms with Gasteiger partial charge in [0, 0.05) is 0 Å². The molecule has 0 spiro atoms. The molecule has 0 aromatic heterocycles. The predicted molar refractivity (Wildman–Crippen MR) is 47.7 cm³/mol. The molecular weight excluding hydrogens is 171 g/mol. The topological polar surface area (TPSA) is 0 Å². The van der Waals surface area contributed by atoms with Crippen molar-refractivity contribution in [2.45, 2.75) is 38.8 Å². The van der Waals surface area contributed by atoms with Crippen molar-refractivity contribution in [2.24, 2.45) is 0 Å². The first kappa shape index (κ1) is 9.80. The lowest BCUT2D eigenvalue weighted by Crippen LogP contribution is -2.22. The summed E-state index contributed by atoms with van der Waals surface area (Å²) in [5.74, 6) is 0. The van der Waals surface area contributed by atoms with Crippen LogP contribution in [0.25, 0.3) is 0 Å². The van der Waals surface area contributed by atoms with Gasteiger partial charge in [-0.25, -0.2) is 0 Å². The van der Waals surface area contributed by atoms with Crippen molar-refractivity contribution >= 4 is 28.9 Å². The lowest BCUT2D eigenvalue weighted by atomic mass is 10.6. The van der Waals surface area contributed by atoms with E-state index in [1.165, 1.54) is 0 Å². The van der Waals surface area contributed by atoms with E-state index in [1.54, 1.807) is 0 Å². The predicted octanol–water partition coefficient (Wildman–Crippen LogP) is 3.73. The molecule has 0 fully saturated rings. The summed E-state index contributed by atoms with van der Waals surface area (Å²) in [7, 11) is 0. The lowest BCUT2D eigenvalue weighted by Gasteiger charge is -2.19. The zero-order valence-electron chi connectivity index (χ0n) is 6.25. The summed E-state index contributed by atoms with van der Waals surface area (Å²) in [6, 6.07) is 1.02. The third kappa shape index (κ3) is 3.49. The average Bonchev–Trinajstić information content (AvgIpc) is 1.65. The highest BCUT2D eigenvalue weighted by atomic mass is 35.7. The van der Waals surface area contributed by atoms with Crippen molar-refractivity contribution in [2.75, 3.05) is 0 Å². The molecule has 0 N–H and O–H groups in total. The van der Waals surface area contributed by atoms with Gasteiger partial charge in [-0.2, -0.15) is 0 Å². The third-order valence-electron chi connectivity index (χ3n) is 1.43. The van der Waals surface area contributed by atoms with Gasteiger partial charge in [0.1, 0.15) is 0 Å². The second kappa shape index (κ2) is 3.84. The Morgan fingerprint density at radius 3 is 1.89 bits per heavy atom. The average molecular weight is 185 g/mol. The van der Waals surface area contributed by atoms with Crippen molar-refractivity contribution < 1.29 is 0 Å². The van der Waals surface area contributed by atoms with Crippen LogP contribution in [-0.2, 0) is 0 Å². The summed E-state index contributed by atoms with van der Waals surface area (Å²) in [6.07, 6.45) is 1.11. The molecule has 0 unspecified atom stereocenters. The number of halogens is 2. The summed E-state index contributed by atoms with van der Waals surface area (Å²) in [5.41, 5.74) is 0.487. The fourth-order valence-electron chi connectivity index (χ4n) is 0.622. The van der Waals surface area contributed by atoms with Gasteiger partial charge in [-0.05, 0) is 11.6 Å². The van der Waals surface area contributed by atoms with E-state index in [0.717, 1.165) is 12.5 Å². The van der Waals surface area contributed by atoms with E-state index in [9.17, 15) is 0 Å². The summed E-state index contributed by atoms with van der Waals surface area (Å²) >= 11 is 12.2. The van der Waals surface area contributed by atoms with Gasteiger partial charge in [0.2, 0.25) is 0 Å². The van der Waals surface area contributed by atoms with Crippen molar-refractivity contribution in [1.82, 2.24) is 0 Å². The molecule has 0 saturated carbocycles. The van der Waals surface area contributed by atoms with Crippen molar-refractivity contribution in [3.63, 3.8) is 0 Å². The van der Waals surface area contributed by atoms with E-state index in [4.69, 9.17) is 22.2 Å². The number of hydrogen-bond acceptors (Lipinski definition) is 0.